The van der Waals surface area contributed by atoms with Crippen molar-refractivity contribution in [3.63, 3.8) is 0 Å². The Kier molecular flexibility index (Phi) is 11.0. The van der Waals surface area contributed by atoms with Gasteiger partial charge in [0, 0.05) is 23.5 Å². The van der Waals surface area contributed by atoms with Crippen molar-refractivity contribution in [2.24, 2.45) is 4.99 Å². The molecule has 136 valence electrons. The van der Waals surface area contributed by atoms with Gasteiger partial charge in [0.25, 0.3) is 0 Å². The van der Waals surface area contributed by atoms with E-state index in [2.05, 4.69) is 41.0 Å². The van der Waals surface area contributed by atoms with Crippen LogP contribution in [0.4, 0.5) is 10.1 Å². The van der Waals surface area contributed by atoms with Gasteiger partial charge < -0.3 is 16.0 Å². The van der Waals surface area contributed by atoms with E-state index in [9.17, 15) is 9.18 Å². The number of carbonyl (C=O) groups is 1. The Morgan fingerprint density at radius 3 is 2.42 bits per heavy atom. The van der Waals surface area contributed by atoms with E-state index in [-0.39, 0.29) is 47.0 Å². The van der Waals surface area contributed by atoms with Crippen molar-refractivity contribution in [1.29, 1.82) is 0 Å². The second kappa shape index (κ2) is 11.5. The lowest BCUT2D eigenvalue weighted by Crippen LogP contribution is -2.43. The van der Waals surface area contributed by atoms with Gasteiger partial charge in [0.1, 0.15) is 12.4 Å². The summed E-state index contributed by atoms with van der Waals surface area (Å²) in [6, 6.07) is 5.63. The van der Waals surface area contributed by atoms with E-state index in [0.717, 1.165) is 6.54 Å². The van der Waals surface area contributed by atoms with Crippen LogP contribution in [0.25, 0.3) is 0 Å². The zero-order valence-corrected chi connectivity index (χ0v) is 17.6. The maximum atomic E-state index is 12.8. The summed E-state index contributed by atoms with van der Waals surface area (Å²) in [6.45, 7) is 7.68. The van der Waals surface area contributed by atoms with Crippen molar-refractivity contribution in [3.8, 4) is 0 Å². The number of nitrogens with zero attached hydrogens (tertiary/aromatic N) is 1. The van der Waals surface area contributed by atoms with E-state index in [4.69, 9.17) is 0 Å². The highest BCUT2D eigenvalue weighted by atomic mass is 127. The fourth-order valence-electron chi connectivity index (χ4n) is 1.60. The maximum absolute atomic E-state index is 12.8. The van der Waals surface area contributed by atoms with Crippen LogP contribution in [-0.4, -0.2) is 42.5 Å². The highest BCUT2D eigenvalue weighted by Gasteiger charge is 2.16. The molecule has 24 heavy (non-hydrogen) atoms. The molecule has 0 aliphatic carbocycles. The molecule has 0 heterocycles. The maximum Gasteiger partial charge on any atom is 0.246 e. The van der Waals surface area contributed by atoms with Crippen molar-refractivity contribution >= 4 is 53.3 Å². The third-order valence-corrected chi connectivity index (χ3v) is 4.34. The second-order valence-electron chi connectivity index (χ2n) is 5.57. The smallest absolute Gasteiger partial charge is 0.246 e. The van der Waals surface area contributed by atoms with Crippen molar-refractivity contribution in [3.05, 3.63) is 30.1 Å². The van der Waals surface area contributed by atoms with Crippen LogP contribution in [0.3, 0.4) is 0 Å². The first-order valence-corrected chi connectivity index (χ1v) is 8.71. The number of hydrogen-bond donors (Lipinski definition) is 3. The Morgan fingerprint density at radius 2 is 1.88 bits per heavy atom. The zero-order chi connectivity index (χ0) is 17.3. The molecule has 1 aromatic rings. The summed E-state index contributed by atoms with van der Waals surface area (Å²) in [5.74, 6) is 0.0119. The van der Waals surface area contributed by atoms with Gasteiger partial charge in [-0.3, -0.25) is 4.79 Å². The number of rotatable bonds is 7. The third kappa shape index (κ3) is 9.31. The van der Waals surface area contributed by atoms with Gasteiger partial charge in [0.05, 0.1) is 0 Å². The number of halogens is 2. The van der Waals surface area contributed by atoms with Gasteiger partial charge in [-0.1, -0.05) is 0 Å². The molecule has 0 radical (unpaired) electrons. The van der Waals surface area contributed by atoms with E-state index in [1.165, 1.54) is 24.3 Å². The van der Waals surface area contributed by atoms with Crippen LogP contribution < -0.4 is 16.0 Å². The number of hydrogen-bond acceptors (Lipinski definition) is 3. The molecule has 0 aliphatic heterocycles. The van der Waals surface area contributed by atoms with Crippen molar-refractivity contribution < 1.29 is 9.18 Å². The summed E-state index contributed by atoms with van der Waals surface area (Å²) >= 11 is 1.76. The monoisotopic (exact) mass is 468 g/mol. The molecule has 8 heteroatoms. The average Bonchev–Trinajstić information content (AvgIpc) is 2.52. The molecular formula is C16H26FIN4OS. The molecule has 0 unspecified atom stereocenters. The van der Waals surface area contributed by atoms with Gasteiger partial charge in [0.2, 0.25) is 5.91 Å². The topological polar surface area (TPSA) is 65.5 Å². The minimum absolute atomic E-state index is 0. The predicted octanol–water partition coefficient (Wildman–Crippen LogP) is 3.08. The highest BCUT2D eigenvalue weighted by Crippen LogP contribution is 2.19. The first-order chi connectivity index (χ1) is 10.9. The molecule has 3 N–H and O–H groups in total. The van der Waals surface area contributed by atoms with Crippen molar-refractivity contribution in [2.45, 2.75) is 25.5 Å². The standard InChI is InChI=1S/C16H25FN4OS.HI/c1-5-18-15(20-11-16(2,3)23-4)19-10-14(22)21-13-8-6-12(17)7-9-13;/h6-9H,5,10-11H2,1-4H3,(H,21,22)(H2,18,19,20);1H. The second-order valence-corrected chi connectivity index (χ2v) is 7.08. The largest absolute Gasteiger partial charge is 0.357 e. The number of thioether (sulfide) groups is 1. The van der Waals surface area contributed by atoms with Crippen LogP contribution in [0.5, 0.6) is 0 Å². The summed E-state index contributed by atoms with van der Waals surface area (Å²) in [7, 11) is 0. The summed E-state index contributed by atoms with van der Waals surface area (Å²) in [5.41, 5.74) is 0.549. The molecule has 0 aromatic heterocycles. The first-order valence-electron chi connectivity index (χ1n) is 7.49. The van der Waals surface area contributed by atoms with Gasteiger partial charge in [-0.15, -0.1) is 24.0 Å². The Bertz CT molecular complexity index is 537. The lowest BCUT2D eigenvalue weighted by atomic mass is 10.2. The van der Waals surface area contributed by atoms with Crippen LogP contribution in [0, 0.1) is 5.82 Å². The molecular weight excluding hydrogens is 442 g/mol. The van der Waals surface area contributed by atoms with Crippen molar-refractivity contribution in [1.82, 2.24) is 10.6 Å². The average molecular weight is 468 g/mol. The Morgan fingerprint density at radius 1 is 1.25 bits per heavy atom. The molecule has 1 amide bonds. The summed E-state index contributed by atoms with van der Waals surface area (Å²) < 4.78 is 12.9. The quantitative estimate of drug-likeness (QED) is 0.327. The van der Waals surface area contributed by atoms with Gasteiger partial charge in [0.15, 0.2) is 5.96 Å². The van der Waals surface area contributed by atoms with Gasteiger partial charge in [-0.05, 0) is 51.3 Å². The number of aliphatic imine (C=N–C) groups is 1. The molecule has 0 fully saturated rings. The number of benzene rings is 1. The Hall–Kier alpha value is -1.03. The highest BCUT2D eigenvalue weighted by molar-refractivity contribution is 14.0. The SMILES string of the molecule is CCNC(=NCC(=O)Nc1ccc(F)cc1)NCC(C)(C)SC.I. The third-order valence-electron chi connectivity index (χ3n) is 3.09. The lowest BCUT2D eigenvalue weighted by Gasteiger charge is -2.23. The lowest BCUT2D eigenvalue weighted by molar-refractivity contribution is -0.114. The van der Waals surface area contributed by atoms with Crippen LogP contribution >= 0.6 is 35.7 Å². The normalized spacial score (nSPS) is 11.5. The van der Waals surface area contributed by atoms with Crippen LogP contribution in [0.2, 0.25) is 0 Å². The number of carbonyl (C=O) groups excluding carboxylic acids is 1. The minimum Gasteiger partial charge on any atom is -0.357 e. The van der Waals surface area contributed by atoms with Crippen molar-refractivity contribution in [2.75, 3.05) is 31.2 Å². The number of guanidine groups is 1. The molecule has 1 rings (SSSR count). The molecule has 5 nitrogen and oxygen atoms in total. The molecule has 0 aliphatic rings. The molecule has 0 spiro atoms. The van der Waals surface area contributed by atoms with E-state index in [1.54, 1.807) is 11.8 Å². The number of amides is 1. The molecule has 0 saturated heterocycles. The molecule has 0 saturated carbocycles. The summed E-state index contributed by atoms with van der Waals surface area (Å²) in [6.07, 6.45) is 2.06. The van der Waals surface area contributed by atoms with E-state index in [1.807, 2.05) is 6.92 Å². The van der Waals surface area contributed by atoms with Crippen LogP contribution in [-0.2, 0) is 4.79 Å². The van der Waals surface area contributed by atoms with Crippen LogP contribution in [0.1, 0.15) is 20.8 Å². The van der Waals surface area contributed by atoms with E-state index in [0.29, 0.717) is 18.2 Å². The fraction of sp³-hybridized carbons (Fsp3) is 0.500. The molecule has 1 aromatic carbocycles. The van der Waals surface area contributed by atoms with Gasteiger partial charge in [-0.25, -0.2) is 9.38 Å². The van der Waals surface area contributed by atoms with Crippen LogP contribution in [0.15, 0.2) is 29.3 Å². The van der Waals surface area contributed by atoms with E-state index < -0.39 is 0 Å². The van der Waals surface area contributed by atoms with Gasteiger partial charge >= 0.3 is 0 Å². The van der Waals surface area contributed by atoms with E-state index >= 15 is 0 Å². The zero-order valence-electron chi connectivity index (χ0n) is 14.5. The Labute approximate surface area is 164 Å². The molecule has 0 atom stereocenters. The number of anilines is 1. The fourth-order valence-corrected chi connectivity index (χ4v) is 1.81. The predicted molar refractivity (Wildman–Crippen MR) is 112 cm³/mol. The summed E-state index contributed by atoms with van der Waals surface area (Å²) in [4.78, 5) is 16.2. The number of nitrogens with one attached hydrogen (secondary N) is 3. The van der Waals surface area contributed by atoms with Gasteiger partial charge in [-0.2, -0.15) is 11.8 Å². The molecule has 0 bridgehead atoms. The first kappa shape index (κ1) is 23.0. The minimum atomic E-state index is -0.337. The summed E-state index contributed by atoms with van der Waals surface area (Å²) in [5, 5.41) is 9.01. The Balaban J connectivity index is 0.00000529.